The first-order chi connectivity index (χ1) is 19.6. The molecular formula is C28H29FN6O5S. The summed E-state index contributed by atoms with van der Waals surface area (Å²) in [7, 11) is -2.37. The quantitative estimate of drug-likeness (QED) is 0.351. The van der Waals surface area contributed by atoms with Gasteiger partial charge in [-0.15, -0.1) is 0 Å². The highest BCUT2D eigenvalue weighted by atomic mass is 32.2. The van der Waals surface area contributed by atoms with Crippen molar-refractivity contribution in [2.24, 2.45) is 0 Å². The van der Waals surface area contributed by atoms with E-state index in [1.54, 1.807) is 29.4 Å². The highest BCUT2D eigenvalue weighted by molar-refractivity contribution is 7.91. The molecule has 2 saturated heterocycles. The number of hydrogen-bond acceptors (Lipinski definition) is 9. The van der Waals surface area contributed by atoms with Crippen molar-refractivity contribution in [1.29, 1.82) is 0 Å². The van der Waals surface area contributed by atoms with Gasteiger partial charge in [-0.05, 0) is 49.9 Å². The van der Waals surface area contributed by atoms with Gasteiger partial charge in [0, 0.05) is 47.1 Å². The molecule has 4 aromatic rings. The molecule has 11 nitrogen and oxygen atoms in total. The normalized spacial score (nSPS) is 20.5. The molecule has 41 heavy (non-hydrogen) atoms. The molecule has 5 heterocycles. The summed E-state index contributed by atoms with van der Waals surface area (Å²) < 4.78 is 46.5. The third-order valence-electron chi connectivity index (χ3n) is 8.10. The number of aromatic nitrogens is 4. The van der Waals surface area contributed by atoms with Crippen molar-refractivity contribution in [2.45, 2.75) is 48.6 Å². The highest BCUT2D eigenvalue weighted by Crippen LogP contribution is 2.45. The Morgan fingerprint density at radius 3 is 2.44 bits per heavy atom. The maximum Gasteiger partial charge on any atom is 0.248 e. The van der Waals surface area contributed by atoms with Gasteiger partial charge in [0.15, 0.2) is 27.1 Å². The van der Waals surface area contributed by atoms with Gasteiger partial charge in [0.25, 0.3) is 0 Å². The molecule has 2 bridgehead atoms. The average Bonchev–Trinajstić information content (AvgIpc) is 3.50. The molecule has 0 unspecified atom stereocenters. The number of carbonyl (C=O) groups excluding carboxylic acids is 1. The van der Waals surface area contributed by atoms with Crippen LogP contribution in [0.15, 0.2) is 47.6 Å². The monoisotopic (exact) mass is 580 g/mol. The van der Waals surface area contributed by atoms with Gasteiger partial charge in [0.1, 0.15) is 17.3 Å². The zero-order chi connectivity index (χ0) is 29.1. The van der Waals surface area contributed by atoms with E-state index in [4.69, 9.17) is 15.5 Å². The number of fused-ring (bicyclic) bond motifs is 3. The number of amides is 1. The predicted octanol–water partition coefficient (Wildman–Crippen LogP) is 2.82. The summed E-state index contributed by atoms with van der Waals surface area (Å²) in [5.74, 6) is -0.942. The molecule has 13 heteroatoms. The second-order valence-corrected chi connectivity index (χ2v) is 12.5. The number of nitrogen functional groups attached to an aromatic ring is 1. The van der Waals surface area contributed by atoms with Crippen LogP contribution in [0.1, 0.15) is 37.3 Å². The minimum absolute atomic E-state index is 0.0294. The van der Waals surface area contributed by atoms with Gasteiger partial charge in [0.05, 0.1) is 24.7 Å². The molecule has 1 amide bonds. The second-order valence-electron chi connectivity index (χ2n) is 10.6. The summed E-state index contributed by atoms with van der Waals surface area (Å²) in [6.07, 6.45) is 6.89. The van der Waals surface area contributed by atoms with Crippen LogP contribution in [0, 0.1) is 5.82 Å². The highest BCUT2D eigenvalue weighted by Gasteiger charge is 2.45. The predicted molar refractivity (Wildman–Crippen MR) is 148 cm³/mol. The van der Waals surface area contributed by atoms with Crippen LogP contribution < -0.4 is 10.5 Å². The fourth-order valence-corrected chi connectivity index (χ4v) is 7.38. The fourth-order valence-electron chi connectivity index (χ4n) is 6.32. The SMILES string of the molecule is COc1ccc(-c2ccc(-c3cnn4c(N)c(S(C)(=O)=O)c([C@H]5C[C@H]6CC[C@@H](C5)N6C(=O)CO)nc34)cn2)cc1F. The molecular weight excluding hydrogens is 551 g/mol. The van der Waals surface area contributed by atoms with Gasteiger partial charge >= 0.3 is 0 Å². The minimum atomic E-state index is -3.78. The van der Waals surface area contributed by atoms with Crippen LogP contribution >= 0.6 is 0 Å². The topological polar surface area (TPSA) is 153 Å². The van der Waals surface area contributed by atoms with Crippen LogP contribution in [0.2, 0.25) is 0 Å². The zero-order valence-electron chi connectivity index (χ0n) is 22.5. The molecule has 3 N–H and O–H groups in total. The van der Waals surface area contributed by atoms with Crippen LogP contribution in [0.3, 0.4) is 0 Å². The second kappa shape index (κ2) is 10.1. The fraction of sp³-hybridized carbons (Fsp3) is 0.357. The summed E-state index contributed by atoms with van der Waals surface area (Å²) in [5.41, 5.74) is 9.61. The maximum atomic E-state index is 14.2. The van der Waals surface area contributed by atoms with Crippen molar-refractivity contribution in [3.05, 3.63) is 54.2 Å². The molecule has 6 rings (SSSR count). The Kier molecular flexibility index (Phi) is 6.65. The van der Waals surface area contributed by atoms with Gasteiger partial charge < -0.3 is 20.5 Å². The molecule has 0 aliphatic carbocycles. The van der Waals surface area contributed by atoms with Gasteiger partial charge in [0.2, 0.25) is 5.91 Å². The standard InChI is InChI=1S/C28H29FN6O5S/c1-40-23-8-4-15(11-21(23)29)22-7-3-16(12-31-22)20-13-32-35-27(30)26(41(2,38)39)25(33-28(20)35)17-9-18-5-6-19(10-17)34(18)24(37)14-36/h3-4,7-8,11-13,17-19,36H,5-6,9-10,14,30H2,1-2H3/t17-,18+,19-. The first kappa shape index (κ1) is 27.1. The molecule has 0 spiro atoms. The molecule has 1 aromatic carbocycles. The minimum Gasteiger partial charge on any atom is -0.494 e. The van der Waals surface area contributed by atoms with Crippen molar-refractivity contribution < 1.29 is 27.4 Å². The van der Waals surface area contributed by atoms with Gasteiger partial charge in [-0.2, -0.15) is 9.61 Å². The molecule has 3 aromatic heterocycles. The number of sulfone groups is 1. The smallest absolute Gasteiger partial charge is 0.248 e. The number of methoxy groups -OCH3 is 1. The number of rotatable bonds is 6. The van der Waals surface area contributed by atoms with Crippen LogP contribution in [-0.2, 0) is 14.6 Å². The number of benzene rings is 1. The lowest BCUT2D eigenvalue weighted by Crippen LogP contribution is -2.47. The van der Waals surface area contributed by atoms with Crippen LogP contribution in [-0.4, -0.2) is 76.0 Å². The number of carbonyl (C=O) groups is 1. The van der Waals surface area contributed by atoms with Crippen molar-refractivity contribution in [3.8, 4) is 28.1 Å². The lowest BCUT2D eigenvalue weighted by atomic mass is 9.87. The van der Waals surface area contributed by atoms with Crippen molar-refractivity contribution >= 4 is 27.2 Å². The number of nitrogens with two attached hydrogens (primary N) is 1. The molecule has 0 radical (unpaired) electrons. The average molecular weight is 581 g/mol. The lowest BCUT2D eigenvalue weighted by Gasteiger charge is -2.39. The number of nitrogens with zero attached hydrogens (tertiary/aromatic N) is 5. The molecule has 2 aliphatic heterocycles. The van der Waals surface area contributed by atoms with Gasteiger partial charge in [-0.25, -0.2) is 17.8 Å². The Hall–Kier alpha value is -4.10. The van der Waals surface area contributed by atoms with Crippen molar-refractivity contribution in [3.63, 3.8) is 0 Å². The Bertz CT molecular complexity index is 1760. The molecule has 3 atom stereocenters. The molecule has 2 aliphatic rings. The molecule has 2 fully saturated rings. The number of hydrogen-bond donors (Lipinski definition) is 2. The van der Waals surface area contributed by atoms with E-state index < -0.39 is 22.3 Å². The number of aliphatic hydroxyl groups is 1. The van der Waals surface area contributed by atoms with E-state index in [1.807, 2.05) is 6.07 Å². The van der Waals surface area contributed by atoms with Gasteiger partial charge in [-0.1, -0.05) is 6.07 Å². The lowest BCUT2D eigenvalue weighted by molar-refractivity contribution is -0.138. The maximum absolute atomic E-state index is 14.2. The number of aliphatic hydroxyl groups excluding tert-OH is 1. The molecule has 0 saturated carbocycles. The largest absolute Gasteiger partial charge is 0.494 e. The van der Waals surface area contributed by atoms with Crippen LogP contribution in [0.5, 0.6) is 5.75 Å². The van der Waals surface area contributed by atoms with Crippen LogP contribution in [0.4, 0.5) is 10.2 Å². The van der Waals surface area contributed by atoms with E-state index in [0.717, 1.165) is 19.1 Å². The summed E-state index contributed by atoms with van der Waals surface area (Å²) in [6, 6.07) is 7.96. The third-order valence-corrected chi connectivity index (χ3v) is 9.26. The Balaban J connectivity index is 1.41. The number of piperidine rings is 1. The first-order valence-electron chi connectivity index (χ1n) is 13.2. The van der Waals surface area contributed by atoms with E-state index in [1.165, 1.54) is 23.8 Å². The van der Waals surface area contributed by atoms with Gasteiger partial charge in [-0.3, -0.25) is 9.78 Å². The van der Waals surface area contributed by atoms with E-state index in [0.29, 0.717) is 46.6 Å². The molecule has 214 valence electrons. The third kappa shape index (κ3) is 4.58. The van der Waals surface area contributed by atoms with E-state index in [9.17, 15) is 22.7 Å². The Morgan fingerprint density at radius 2 is 1.85 bits per heavy atom. The number of anilines is 1. The summed E-state index contributed by atoms with van der Waals surface area (Å²) in [4.78, 5) is 23.4. The zero-order valence-corrected chi connectivity index (χ0v) is 23.3. The van der Waals surface area contributed by atoms with Crippen molar-refractivity contribution in [1.82, 2.24) is 24.5 Å². The number of halogens is 1. The number of ether oxygens (including phenoxy) is 1. The Labute approximate surface area is 235 Å². The van der Waals surface area contributed by atoms with Crippen molar-refractivity contribution in [2.75, 3.05) is 25.7 Å². The first-order valence-corrected chi connectivity index (χ1v) is 15.1. The summed E-state index contributed by atoms with van der Waals surface area (Å²) >= 11 is 0. The van der Waals surface area contributed by atoms with E-state index >= 15 is 0 Å². The Morgan fingerprint density at radius 1 is 1.15 bits per heavy atom. The number of pyridine rings is 1. The van der Waals surface area contributed by atoms with E-state index in [2.05, 4.69) is 10.1 Å². The van der Waals surface area contributed by atoms with E-state index in [-0.39, 0.29) is 40.4 Å². The van der Waals surface area contributed by atoms with Crippen LogP contribution in [0.25, 0.3) is 28.0 Å². The summed E-state index contributed by atoms with van der Waals surface area (Å²) in [6.45, 7) is -0.553. The summed E-state index contributed by atoms with van der Waals surface area (Å²) in [5, 5.41) is 13.8.